The van der Waals surface area contributed by atoms with Crippen molar-refractivity contribution >= 4 is 15.9 Å². The SMILES string of the molecule is CNC(=O)[C@H](C)Oc1ccc(S(=O)(=O)NC2CCCC2)cc1. The van der Waals surface area contributed by atoms with Crippen molar-refractivity contribution in [3.63, 3.8) is 0 Å². The number of nitrogens with one attached hydrogen (secondary N) is 2. The average Bonchev–Trinajstić information content (AvgIpc) is 2.99. The highest BCUT2D eigenvalue weighted by Crippen LogP contribution is 2.22. The third kappa shape index (κ3) is 4.20. The molecular formula is C15H22N2O4S. The van der Waals surface area contributed by atoms with E-state index in [2.05, 4.69) is 10.0 Å². The Bertz CT molecular complexity index is 607. The van der Waals surface area contributed by atoms with Crippen LogP contribution in [0.15, 0.2) is 29.2 Å². The topological polar surface area (TPSA) is 84.5 Å². The molecule has 7 heteroatoms. The van der Waals surface area contributed by atoms with Gasteiger partial charge in [0.15, 0.2) is 6.10 Å². The van der Waals surface area contributed by atoms with Gasteiger partial charge in [0, 0.05) is 13.1 Å². The molecule has 0 aromatic heterocycles. The van der Waals surface area contributed by atoms with E-state index in [9.17, 15) is 13.2 Å². The summed E-state index contributed by atoms with van der Waals surface area (Å²) in [6.07, 6.45) is 3.28. The minimum atomic E-state index is -3.49. The lowest BCUT2D eigenvalue weighted by atomic mass is 10.3. The normalized spacial score (nSPS) is 17.2. The van der Waals surface area contributed by atoms with Crippen molar-refractivity contribution in [3.8, 4) is 5.75 Å². The summed E-state index contributed by atoms with van der Waals surface area (Å²) in [4.78, 5) is 11.6. The maximum absolute atomic E-state index is 12.3. The van der Waals surface area contributed by atoms with Gasteiger partial charge < -0.3 is 10.1 Å². The molecule has 0 saturated heterocycles. The Morgan fingerprint density at radius 3 is 2.36 bits per heavy atom. The van der Waals surface area contributed by atoms with Crippen LogP contribution >= 0.6 is 0 Å². The fourth-order valence-corrected chi connectivity index (χ4v) is 3.79. The molecule has 2 rings (SSSR count). The largest absolute Gasteiger partial charge is 0.481 e. The van der Waals surface area contributed by atoms with Gasteiger partial charge in [-0.25, -0.2) is 13.1 Å². The number of sulfonamides is 1. The van der Waals surface area contributed by atoms with Gasteiger partial charge in [0.1, 0.15) is 5.75 Å². The van der Waals surface area contributed by atoms with E-state index in [1.165, 1.54) is 19.2 Å². The Hall–Kier alpha value is -1.60. The molecule has 1 aromatic rings. The summed E-state index contributed by atoms with van der Waals surface area (Å²) in [5, 5.41) is 2.49. The van der Waals surface area contributed by atoms with Gasteiger partial charge in [-0.1, -0.05) is 12.8 Å². The van der Waals surface area contributed by atoms with Crippen molar-refractivity contribution in [1.29, 1.82) is 0 Å². The fourth-order valence-electron chi connectivity index (χ4n) is 2.49. The summed E-state index contributed by atoms with van der Waals surface area (Å²) in [6.45, 7) is 1.63. The van der Waals surface area contributed by atoms with E-state index in [4.69, 9.17) is 4.74 Å². The van der Waals surface area contributed by atoms with Crippen molar-refractivity contribution < 1.29 is 17.9 Å². The third-order valence-electron chi connectivity index (χ3n) is 3.74. The molecule has 0 spiro atoms. The first-order valence-corrected chi connectivity index (χ1v) is 8.91. The lowest BCUT2D eigenvalue weighted by molar-refractivity contribution is -0.126. The Kier molecular flexibility index (Phi) is 5.42. The van der Waals surface area contributed by atoms with Crippen LogP contribution in [0.4, 0.5) is 0 Å². The summed E-state index contributed by atoms with van der Waals surface area (Å²) in [7, 11) is -1.96. The number of carbonyl (C=O) groups excluding carboxylic acids is 1. The van der Waals surface area contributed by atoms with Gasteiger partial charge >= 0.3 is 0 Å². The van der Waals surface area contributed by atoms with Crippen molar-refractivity contribution in [2.45, 2.75) is 49.6 Å². The zero-order chi connectivity index (χ0) is 16.2. The van der Waals surface area contributed by atoms with E-state index in [1.807, 2.05) is 0 Å². The Morgan fingerprint density at radius 2 is 1.82 bits per heavy atom. The summed E-state index contributed by atoms with van der Waals surface area (Å²) in [5.74, 6) is 0.218. The molecular weight excluding hydrogens is 304 g/mol. The highest BCUT2D eigenvalue weighted by molar-refractivity contribution is 7.89. The van der Waals surface area contributed by atoms with Crippen LogP contribution in [-0.4, -0.2) is 33.5 Å². The van der Waals surface area contributed by atoms with Gasteiger partial charge in [0.25, 0.3) is 5.91 Å². The number of hydrogen-bond acceptors (Lipinski definition) is 4. The van der Waals surface area contributed by atoms with E-state index in [-0.39, 0.29) is 16.8 Å². The molecule has 0 unspecified atom stereocenters. The fraction of sp³-hybridized carbons (Fsp3) is 0.533. The van der Waals surface area contributed by atoms with Crippen LogP contribution in [0.1, 0.15) is 32.6 Å². The zero-order valence-electron chi connectivity index (χ0n) is 12.8. The second-order valence-electron chi connectivity index (χ2n) is 5.45. The molecule has 1 amide bonds. The monoisotopic (exact) mass is 326 g/mol. The van der Waals surface area contributed by atoms with Gasteiger partial charge in [-0.15, -0.1) is 0 Å². The molecule has 1 fully saturated rings. The number of benzene rings is 1. The van der Waals surface area contributed by atoms with Crippen LogP contribution in [0.2, 0.25) is 0 Å². The van der Waals surface area contributed by atoms with Crippen LogP contribution in [0.25, 0.3) is 0 Å². The number of hydrogen-bond donors (Lipinski definition) is 2. The molecule has 1 aromatic carbocycles. The first kappa shape index (κ1) is 16.8. The average molecular weight is 326 g/mol. The van der Waals surface area contributed by atoms with Crippen LogP contribution in [0.3, 0.4) is 0 Å². The standard InChI is InChI=1S/C15H22N2O4S/c1-11(15(18)16-2)21-13-7-9-14(10-8-13)22(19,20)17-12-5-3-4-6-12/h7-12,17H,3-6H2,1-2H3,(H,16,18)/t11-/m0/s1. The van der Waals surface area contributed by atoms with E-state index in [1.54, 1.807) is 19.1 Å². The second kappa shape index (κ2) is 7.11. The molecule has 0 aliphatic heterocycles. The predicted molar refractivity (Wildman–Crippen MR) is 83.2 cm³/mol. The lowest BCUT2D eigenvalue weighted by Gasteiger charge is -2.15. The highest BCUT2D eigenvalue weighted by Gasteiger charge is 2.23. The molecule has 22 heavy (non-hydrogen) atoms. The quantitative estimate of drug-likeness (QED) is 0.828. The number of ether oxygens (including phenoxy) is 1. The first-order valence-electron chi connectivity index (χ1n) is 7.43. The lowest BCUT2D eigenvalue weighted by Crippen LogP contribution is -2.33. The van der Waals surface area contributed by atoms with Crippen molar-refractivity contribution in [2.75, 3.05) is 7.05 Å². The molecule has 0 radical (unpaired) electrons. The Morgan fingerprint density at radius 1 is 1.23 bits per heavy atom. The Balaban J connectivity index is 2.02. The van der Waals surface area contributed by atoms with E-state index >= 15 is 0 Å². The van der Waals surface area contributed by atoms with Crippen molar-refractivity contribution in [2.24, 2.45) is 0 Å². The van der Waals surface area contributed by atoms with Crippen molar-refractivity contribution in [1.82, 2.24) is 10.0 Å². The van der Waals surface area contributed by atoms with Crippen LogP contribution < -0.4 is 14.8 Å². The summed E-state index contributed by atoms with van der Waals surface area (Å²) in [5.41, 5.74) is 0. The molecule has 1 aliphatic carbocycles. The van der Waals surface area contributed by atoms with Crippen LogP contribution in [0.5, 0.6) is 5.75 Å². The molecule has 0 heterocycles. The number of amides is 1. The predicted octanol–water partition coefficient (Wildman–Crippen LogP) is 1.42. The minimum absolute atomic E-state index is 0.0363. The summed E-state index contributed by atoms with van der Waals surface area (Å²) >= 11 is 0. The Labute approximate surface area is 131 Å². The number of carbonyl (C=O) groups is 1. The maximum Gasteiger partial charge on any atom is 0.260 e. The molecule has 0 bridgehead atoms. The molecule has 122 valence electrons. The number of likely N-dealkylation sites (N-methyl/N-ethyl adjacent to an activating group) is 1. The van der Waals surface area contributed by atoms with E-state index in [0.717, 1.165) is 25.7 Å². The third-order valence-corrected chi connectivity index (χ3v) is 5.28. The van der Waals surface area contributed by atoms with Crippen LogP contribution in [0, 0.1) is 0 Å². The van der Waals surface area contributed by atoms with Gasteiger partial charge in [0.2, 0.25) is 10.0 Å². The van der Waals surface area contributed by atoms with Gasteiger partial charge in [-0.3, -0.25) is 4.79 Å². The van der Waals surface area contributed by atoms with Crippen LogP contribution in [-0.2, 0) is 14.8 Å². The maximum atomic E-state index is 12.3. The molecule has 2 N–H and O–H groups in total. The summed E-state index contributed by atoms with van der Waals surface area (Å²) < 4.78 is 32.7. The van der Waals surface area contributed by atoms with Gasteiger partial charge in [0.05, 0.1) is 4.90 Å². The summed E-state index contributed by atoms with van der Waals surface area (Å²) in [6, 6.07) is 6.13. The molecule has 1 atom stereocenters. The zero-order valence-corrected chi connectivity index (χ0v) is 13.7. The smallest absolute Gasteiger partial charge is 0.260 e. The van der Waals surface area contributed by atoms with Crippen molar-refractivity contribution in [3.05, 3.63) is 24.3 Å². The number of rotatable bonds is 6. The van der Waals surface area contributed by atoms with Gasteiger partial charge in [-0.05, 0) is 44.0 Å². The molecule has 6 nitrogen and oxygen atoms in total. The highest BCUT2D eigenvalue weighted by atomic mass is 32.2. The minimum Gasteiger partial charge on any atom is -0.481 e. The van der Waals surface area contributed by atoms with E-state index < -0.39 is 16.1 Å². The molecule has 1 saturated carbocycles. The molecule has 1 aliphatic rings. The first-order chi connectivity index (χ1) is 10.4. The van der Waals surface area contributed by atoms with Gasteiger partial charge in [-0.2, -0.15) is 0 Å². The van der Waals surface area contributed by atoms with E-state index in [0.29, 0.717) is 5.75 Å². The second-order valence-corrected chi connectivity index (χ2v) is 7.16.